The summed E-state index contributed by atoms with van der Waals surface area (Å²) in [6.45, 7) is 14.1. The van der Waals surface area contributed by atoms with Crippen molar-refractivity contribution >= 4 is 5.57 Å². The molecule has 1 aromatic carbocycles. The molecule has 0 saturated carbocycles. The number of benzene rings is 1. The minimum absolute atomic E-state index is 1.02. The molecule has 0 radical (unpaired) electrons. The van der Waals surface area contributed by atoms with Gasteiger partial charge in [-0.25, -0.2) is 0 Å². The summed E-state index contributed by atoms with van der Waals surface area (Å²) >= 11 is 0. The maximum atomic E-state index is 4.10. The van der Waals surface area contributed by atoms with E-state index in [1.807, 2.05) is 26.0 Å². The number of rotatable bonds is 5. The van der Waals surface area contributed by atoms with Gasteiger partial charge in [0, 0.05) is 0 Å². The first-order valence-corrected chi connectivity index (χ1v) is 6.47. The third-order valence-corrected chi connectivity index (χ3v) is 2.79. The second-order valence-electron chi connectivity index (χ2n) is 4.69. The molecule has 1 aromatic rings. The third kappa shape index (κ3) is 5.39. The molecule has 0 aliphatic heterocycles. The van der Waals surface area contributed by atoms with Gasteiger partial charge < -0.3 is 0 Å². The third-order valence-electron chi connectivity index (χ3n) is 2.79. The molecule has 0 aliphatic carbocycles. The topological polar surface area (TPSA) is 0 Å². The molecule has 0 aromatic heterocycles. The Morgan fingerprint density at radius 2 is 1.53 bits per heavy atom. The summed E-state index contributed by atoms with van der Waals surface area (Å²) in [7, 11) is 0. The summed E-state index contributed by atoms with van der Waals surface area (Å²) in [6.07, 6.45) is 10.2. The molecule has 0 spiro atoms. The molecule has 0 heterocycles. The van der Waals surface area contributed by atoms with Crippen LogP contribution in [0.25, 0.3) is 5.57 Å². The minimum atomic E-state index is 1.02. The molecule has 0 aliphatic rings. The van der Waals surface area contributed by atoms with E-state index < -0.39 is 0 Å². The summed E-state index contributed by atoms with van der Waals surface area (Å²) in [5, 5.41) is 0. The Bertz CT molecular complexity index is 534. The fraction of sp³-hybridized carbons (Fsp3) is 0.158. The lowest BCUT2D eigenvalue weighted by atomic mass is 10.0. The first kappa shape index (κ1) is 15.0. The molecule has 0 unspecified atom stereocenters. The Balaban J connectivity index is 2.77. The lowest BCUT2D eigenvalue weighted by Crippen LogP contribution is -1.80. The molecular formula is C19H22. The van der Waals surface area contributed by atoms with Gasteiger partial charge in [0.2, 0.25) is 0 Å². The van der Waals surface area contributed by atoms with E-state index in [1.165, 1.54) is 5.56 Å². The van der Waals surface area contributed by atoms with Crippen LogP contribution in [0.4, 0.5) is 0 Å². The highest BCUT2D eigenvalue weighted by Gasteiger charge is 1.94. The Hall–Kier alpha value is -2.08. The summed E-state index contributed by atoms with van der Waals surface area (Å²) in [6, 6.07) is 8.40. The molecule has 0 atom stereocenters. The van der Waals surface area contributed by atoms with Crippen molar-refractivity contribution < 1.29 is 0 Å². The van der Waals surface area contributed by atoms with Crippen molar-refractivity contribution in [2.75, 3.05) is 0 Å². The predicted molar refractivity (Wildman–Crippen MR) is 87.1 cm³/mol. The standard InChI is InChI=1S/C19H22/c1-6-18(11-7-15(2)3)12-10-17(5)19-13-8-16(4)9-14-19/h6-14H,2,5H2,1,3-4H3. The molecule has 1 rings (SSSR count). The van der Waals surface area contributed by atoms with Crippen molar-refractivity contribution in [3.05, 3.63) is 90.1 Å². The van der Waals surface area contributed by atoms with Crippen LogP contribution in [0.3, 0.4) is 0 Å². The maximum absolute atomic E-state index is 4.10. The van der Waals surface area contributed by atoms with Gasteiger partial charge in [-0.2, -0.15) is 0 Å². The maximum Gasteiger partial charge on any atom is -0.0190 e. The summed E-state index contributed by atoms with van der Waals surface area (Å²) in [5.74, 6) is 0. The summed E-state index contributed by atoms with van der Waals surface area (Å²) in [4.78, 5) is 0. The van der Waals surface area contributed by atoms with Gasteiger partial charge in [-0.05, 0) is 37.5 Å². The Morgan fingerprint density at radius 3 is 2.05 bits per heavy atom. The average Bonchev–Trinajstić information content (AvgIpc) is 2.39. The zero-order valence-corrected chi connectivity index (χ0v) is 12.1. The zero-order valence-electron chi connectivity index (χ0n) is 12.1. The van der Waals surface area contributed by atoms with E-state index in [1.54, 1.807) is 0 Å². The average molecular weight is 250 g/mol. The fourth-order valence-electron chi connectivity index (χ4n) is 1.55. The highest BCUT2D eigenvalue weighted by atomic mass is 14.0. The van der Waals surface area contributed by atoms with Crippen LogP contribution in [0.1, 0.15) is 25.0 Å². The molecule has 0 bridgehead atoms. The van der Waals surface area contributed by atoms with Crippen molar-refractivity contribution in [3.8, 4) is 0 Å². The van der Waals surface area contributed by atoms with Crippen LogP contribution in [0, 0.1) is 6.92 Å². The van der Waals surface area contributed by atoms with Crippen molar-refractivity contribution in [3.63, 3.8) is 0 Å². The van der Waals surface area contributed by atoms with E-state index >= 15 is 0 Å². The van der Waals surface area contributed by atoms with Gasteiger partial charge in [0.05, 0.1) is 0 Å². The predicted octanol–water partition coefficient (Wildman–Crippen LogP) is 5.64. The molecule has 0 N–H and O–H groups in total. The van der Waals surface area contributed by atoms with E-state index in [0.717, 1.165) is 22.3 Å². The van der Waals surface area contributed by atoms with Crippen molar-refractivity contribution in [1.29, 1.82) is 0 Å². The lowest BCUT2D eigenvalue weighted by Gasteiger charge is -2.01. The number of hydrogen-bond acceptors (Lipinski definition) is 0. The number of hydrogen-bond donors (Lipinski definition) is 0. The first-order valence-electron chi connectivity index (χ1n) is 6.47. The molecule has 98 valence electrons. The molecule has 0 saturated heterocycles. The number of allylic oxidation sites excluding steroid dienone is 8. The largest absolute Gasteiger partial charge is 0.0961 e. The van der Waals surface area contributed by atoms with Gasteiger partial charge in [-0.15, -0.1) is 0 Å². The molecule has 0 fully saturated rings. The van der Waals surface area contributed by atoms with E-state index in [0.29, 0.717) is 0 Å². The van der Waals surface area contributed by atoms with E-state index in [-0.39, 0.29) is 0 Å². The van der Waals surface area contributed by atoms with Crippen LogP contribution in [-0.4, -0.2) is 0 Å². The van der Waals surface area contributed by atoms with Gasteiger partial charge in [-0.3, -0.25) is 0 Å². The quantitative estimate of drug-likeness (QED) is 0.593. The van der Waals surface area contributed by atoms with Gasteiger partial charge in [-0.1, -0.05) is 78.9 Å². The van der Waals surface area contributed by atoms with Crippen LogP contribution in [-0.2, 0) is 0 Å². The SMILES string of the molecule is C=C(C)C=CC(C=CC(=C)c1ccc(C)cc1)=CC. The van der Waals surface area contributed by atoms with E-state index in [2.05, 4.69) is 62.6 Å². The zero-order chi connectivity index (χ0) is 14.3. The van der Waals surface area contributed by atoms with Crippen LogP contribution in [0.5, 0.6) is 0 Å². The monoisotopic (exact) mass is 250 g/mol. The first-order chi connectivity index (χ1) is 9.02. The second-order valence-corrected chi connectivity index (χ2v) is 4.69. The van der Waals surface area contributed by atoms with Crippen molar-refractivity contribution in [2.45, 2.75) is 20.8 Å². The van der Waals surface area contributed by atoms with E-state index in [4.69, 9.17) is 0 Å². The highest BCUT2D eigenvalue weighted by Crippen LogP contribution is 2.15. The Labute approximate surface area is 117 Å². The second kappa shape index (κ2) is 7.38. The van der Waals surface area contributed by atoms with Crippen LogP contribution in [0.2, 0.25) is 0 Å². The molecule has 19 heavy (non-hydrogen) atoms. The van der Waals surface area contributed by atoms with E-state index in [9.17, 15) is 0 Å². The van der Waals surface area contributed by atoms with Crippen LogP contribution < -0.4 is 0 Å². The number of aryl methyl sites for hydroxylation is 1. The Kier molecular flexibility index (Phi) is 5.81. The van der Waals surface area contributed by atoms with Crippen LogP contribution in [0.15, 0.2) is 78.9 Å². The minimum Gasteiger partial charge on any atom is -0.0961 e. The molecule has 0 amide bonds. The molecule has 0 nitrogen and oxygen atoms in total. The lowest BCUT2D eigenvalue weighted by molar-refractivity contribution is 1.45. The van der Waals surface area contributed by atoms with Crippen LogP contribution >= 0.6 is 0 Å². The highest BCUT2D eigenvalue weighted by molar-refractivity contribution is 5.72. The van der Waals surface area contributed by atoms with Gasteiger partial charge in [0.1, 0.15) is 0 Å². The van der Waals surface area contributed by atoms with Gasteiger partial charge in [0.15, 0.2) is 0 Å². The van der Waals surface area contributed by atoms with Crippen molar-refractivity contribution in [2.24, 2.45) is 0 Å². The summed E-state index contributed by atoms with van der Waals surface area (Å²) < 4.78 is 0. The normalized spacial score (nSPS) is 12.3. The fourth-order valence-corrected chi connectivity index (χ4v) is 1.55. The van der Waals surface area contributed by atoms with Gasteiger partial charge in [0.25, 0.3) is 0 Å². The molecular weight excluding hydrogens is 228 g/mol. The smallest absolute Gasteiger partial charge is 0.0190 e. The Morgan fingerprint density at radius 1 is 0.947 bits per heavy atom. The van der Waals surface area contributed by atoms with Crippen molar-refractivity contribution in [1.82, 2.24) is 0 Å². The van der Waals surface area contributed by atoms with Gasteiger partial charge >= 0.3 is 0 Å². The molecule has 0 heteroatoms. The summed E-state index contributed by atoms with van der Waals surface area (Å²) in [5.41, 5.74) is 5.63.